The smallest absolute Gasteiger partial charge is 0.130 e. The van der Waals surface area contributed by atoms with Crippen molar-refractivity contribution in [1.29, 1.82) is 0 Å². The van der Waals surface area contributed by atoms with Crippen LogP contribution in [0.15, 0.2) is 42.5 Å². The van der Waals surface area contributed by atoms with Gasteiger partial charge in [-0.2, -0.15) is 0 Å². The molecule has 1 N–H and O–H groups in total. The second kappa shape index (κ2) is 5.55. The first-order valence-electron chi connectivity index (χ1n) is 5.30. The van der Waals surface area contributed by atoms with E-state index in [2.05, 4.69) is 10.3 Å². The fourth-order valence-corrected chi connectivity index (χ4v) is 1.59. The molecule has 2 aromatic rings. The highest BCUT2D eigenvalue weighted by molar-refractivity contribution is 6.30. The van der Waals surface area contributed by atoms with E-state index in [9.17, 15) is 0 Å². The monoisotopic (exact) mass is 248 g/mol. The van der Waals surface area contributed by atoms with Crippen LogP contribution in [0.4, 0.5) is 5.82 Å². The number of rotatable bonds is 4. The SMILES string of the molecule is CNc1cccc(COc2cccc(Cl)c2)n1. The Hall–Kier alpha value is -1.74. The van der Waals surface area contributed by atoms with Crippen molar-refractivity contribution in [3.05, 3.63) is 53.2 Å². The molecule has 0 atom stereocenters. The van der Waals surface area contributed by atoms with Gasteiger partial charge in [-0.05, 0) is 30.3 Å². The number of nitrogens with zero attached hydrogens (tertiary/aromatic N) is 1. The predicted molar refractivity (Wildman–Crippen MR) is 69.6 cm³/mol. The molecule has 0 amide bonds. The third-order valence-electron chi connectivity index (χ3n) is 2.25. The van der Waals surface area contributed by atoms with Gasteiger partial charge in [-0.1, -0.05) is 23.7 Å². The summed E-state index contributed by atoms with van der Waals surface area (Å²) in [6.07, 6.45) is 0. The van der Waals surface area contributed by atoms with Crippen molar-refractivity contribution in [2.24, 2.45) is 0 Å². The lowest BCUT2D eigenvalue weighted by Crippen LogP contribution is -2.00. The summed E-state index contributed by atoms with van der Waals surface area (Å²) in [7, 11) is 1.84. The lowest BCUT2D eigenvalue weighted by atomic mass is 10.3. The maximum atomic E-state index is 5.87. The van der Waals surface area contributed by atoms with E-state index in [1.165, 1.54) is 0 Å². The summed E-state index contributed by atoms with van der Waals surface area (Å²) in [5.74, 6) is 1.58. The fraction of sp³-hybridized carbons (Fsp3) is 0.154. The minimum absolute atomic E-state index is 0.426. The molecule has 4 heteroatoms. The van der Waals surface area contributed by atoms with Gasteiger partial charge in [0, 0.05) is 12.1 Å². The predicted octanol–water partition coefficient (Wildman–Crippen LogP) is 3.36. The summed E-state index contributed by atoms with van der Waals surface area (Å²) >= 11 is 5.87. The minimum atomic E-state index is 0.426. The number of hydrogen-bond donors (Lipinski definition) is 1. The molecule has 0 saturated carbocycles. The normalized spacial score (nSPS) is 10.0. The van der Waals surface area contributed by atoms with Gasteiger partial charge in [0.05, 0.1) is 5.69 Å². The number of pyridine rings is 1. The Kier molecular flexibility index (Phi) is 3.83. The molecule has 0 saturated heterocycles. The number of hydrogen-bond acceptors (Lipinski definition) is 3. The lowest BCUT2D eigenvalue weighted by molar-refractivity contribution is 0.301. The van der Waals surface area contributed by atoms with Crippen molar-refractivity contribution in [3.8, 4) is 5.75 Å². The topological polar surface area (TPSA) is 34.1 Å². The Labute approximate surface area is 105 Å². The number of halogens is 1. The molecule has 0 bridgehead atoms. The second-order valence-corrected chi connectivity index (χ2v) is 3.95. The third kappa shape index (κ3) is 3.36. The molecule has 17 heavy (non-hydrogen) atoms. The Morgan fingerprint density at radius 3 is 2.82 bits per heavy atom. The van der Waals surface area contributed by atoms with Crippen molar-refractivity contribution in [1.82, 2.24) is 4.98 Å². The molecule has 3 nitrogen and oxygen atoms in total. The maximum Gasteiger partial charge on any atom is 0.130 e. The number of ether oxygens (including phenoxy) is 1. The lowest BCUT2D eigenvalue weighted by Gasteiger charge is -2.07. The van der Waals surface area contributed by atoms with Gasteiger partial charge in [-0.25, -0.2) is 4.98 Å². The van der Waals surface area contributed by atoms with Crippen LogP contribution in [0.25, 0.3) is 0 Å². The summed E-state index contributed by atoms with van der Waals surface area (Å²) < 4.78 is 5.60. The van der Waals surface area contributed by atoms with E-state index in [0.717, 1.165) is 17.3 Å². The summed E-state index contributed by atoms with van der Waals surface area (Å²) in [6.45, 7) is 0.426. The molecule has 1 aromatic heterocycles. The van der Waals surface area contributed by atoms with Gasteiger partial charge in [0.25, 0.3) is 0 Å². The molecule has 2 rings (SSSR count). The number of aromatic nitrogens is 1. The quantitative estimate of drug-likeness (QED) is 0.901. The molecule has 0 aliphatic carbocycles. The van der Waals surface area contributed by atoms with Gasteiger partial charge in [-0.3, -0.25) is 0 Å². The zero-order chi connectivity index (χ0) is 12.1. The van der Waals surface area contributed by atoms with Crippen LogP contribution in [0.5, 0.6) is 5.75 Å². The van der Waals surface area contributed by atoms with E-state index in [1.807, 2.05) is 43.4 Å². The van der Waals surface area contributed by atoms with Crippen molar-refractivity contribution >= 4 is 17.4 Å². The third-order valence-corrected chi connectivity index (χ3v) is 2.48. The maximum absolute atomic E-state index is 5.87. The molecule has 0 aliphatic heterocycles. The van der Waals surface area contributed by atoms with Gasteiger partial charge < -0.3 is 10.1 Å². The first-order chi connectivity index (χ1) is 8.28. The Bertz CT molecular complexity index is 502. The van der Waals surface area contributed by atoms with Crippen LogP contribution in [0, 0.1) is 0 Å². The molecule has 0 unspecified atom stereocenters. The van der Waals surface area contributed by atoms with E-state index in [1.54, 1.807) is 6.07 Å². The summed E-state index contributed by atoms with van der Waals surface area (Å²) in [4.78, 5) is 4.36. The van der Waals surface area contributed by atoms with Crippen molar-refractivity contribution in [2.45, 2.75) is 6.61 Å². The average Bonchev–Trinajstić information content (AvgIpc) is 2.37. The zero-order valence-electron chi connectivity index (χ0n) is 9.48. The van der Waals surface area contributed by atoms with Crippen molar-refractivity contribution < 1.29 is 4.74 Å². The van der Waals surface area contributed by atoms with Crippen molar-refractivity contribution in [2.75, 3.05) is 12.4 Å². The summed E-state index contributed by atoms with van der Waals surface area (Å²) in [6, 6.07) is 13.1. The fourth-order valence-electron chi connectivity index (χ4n) is 1.41. The Morgan fingerprint density at radius 2 is 2.06 bits per heavy atom. The molecular formula is C13H13ClN2O. The minimum Gasteiger partial charge on any atom is -0.487 e. The first-order valence-corrected chi connectivity index (χ1v) is 5.68. The molecular weight excluding hydrogens is 236 g/mol. The van der Waals surface area contributed by atoms with E-state index >= 15 is 0 Å². The van der Waals surface area contributed by atoms with Crippen LogP contribution in [0.1, 0.15) is 5.69 Å². The van der Waals surface area contributed by atoms with Gasteiger partial charge in [0.2, 0.25) is 0 Å². The number of benzene rings is 1. The Morgan fingerprint density at radius 1 is 1.24 bits per heavy atom. The van der Waals surface area contributed by atoms with Gasteiger partial charge in [-0.15, -0.1) is 0 Å². The highest BCUT2D eigenvalue weighted by atomic mass is 35.5. The van der Waals surface area contributed by atoms with Gasteiger partial charge in [0.15, 0.2) is 0 Å². The van der Waals surface area contributed by atoms with E-state index in [0.29, 0.717) is 11.6 Å². The molecule has 0 radical (unpaired) electrons. The van der Waals surface area contributed by atoms with E-state index < -0.39 is 0 Å². The van der Waals surface area contributed by atoms with E-state index in [-0.39, 0.29) is 0 Å². The van der Waals surface area contributed by atoms with Crippen LogP contribution < -0.4 is 10.1 Å². The highest BCUT2D eigenvalue weighted by Crippen LogP contribution is 2.18. The summed E-state index contributed by atoms with van der Waals surface area (Å²) in [5, 5.41) is 3.65. The second-order valence-electron chi connectivity index (χ2n) is 3.51. The standard InChI is InChI=1S/C13H13ClN2O/c1-15-13-7-3-5-11(16-13)9-17-12-6-2-4-10(14)8-12/h2-8H,9H2,1H3,(H,15,16). The van der Waals surface area contributed by atoms with Gasteiger partial charge >= 0.3 is 0 Å². The largest absolute Gasteiger partial charge is 0.487 e. The molecule has 0 fully saturated rings. The van der Waals surface area contributed by atoms with Crippen LogP contribution in [-0.4, -0.2) is 12.0 Å². The van der Waals surface area contributed by atoms with Crippen LogP contribution in [0.2, 0.25) is 5.02 Å². The van der Waals surface area contributed by atoms with Crippen LogP contribution in [0.3, 0.4) is 0 Å². The van der Waals surface area contributed by atoms with Crippen LogP contribution in [-0.2, 0) is 6.61 Å². The molecule has 1 heterocycles. The first kappa shape index (κ1) is 11.7. The average molecular weight is 249 g/mol. The summed E-state index contributed by atoms with van der Waals surface area (Å²) in [5.41, 5.74) is 0.872. The van der Waals surface area contributed by atoms with Crippen molar-refractivity contribution in [3.63, 3.8) is 0 Å². The number of anilines is 1. The Balaban J connectivity index is 2.02. The van der Waals surface area contributed by atoms with E-state index in [4.69, 9.17) is 16.3 Å². The van der Waals surface area contributed by atoms with Crippen LogP contribution >= 0.6 is 11.6 Å². The molecule has 0 spiro atoms. The molecule has 1 aromatic carbocycles. The van der Waals surface area contributed by atoms with Gasteiger partial charge in [0.1, 0.15) is 18.2 Å². The molecule has 0 aliphatic rings. The number of nitrogens with one attached hydrogen (secondary N) is 1. The molecule has 88 valence electrons. The highest BCUT2D eigenvalue weighted by Gasteiger charge is 1.99. The zero-order valence-corrected chi connectivity index (χ0v) is 10.2.